The predicted molar refractivity (Wildman–Crippen MR) is 106 cm³/mol. The molecule has 29 heavy (non-hydrogen) atoms. The minimum Gasteiger partial charge on any atom is -0.295 e. The van der Waals surface area contributed by atoms with Crippen LogP contribution in [0.2, 0.25) is 0 Å². The molecule has 1 saturated heterocycles. The maximum Gasteiger partial charge on any atom is 0.266 e. The third-order valence-corrected chi connectivity index (χ3v) is 5.13. The van der Waals surface area contributed by atoms with Gasteiger partial charge < -0.3 is 0 Å². The second-order valence-electron chi connectivity index (χ2n) is 7.40. The second kappa shape index (κ2) is 7.17. The van der Waals surface area contributed by atoms with Crippen molar-refractivity contribution in [3.05, 3.63) is 70.7 Å². The quantitative estimate of drug-likeness (QED) is 0.507. The second-order valence-corrected chi connectivity index (χ2v) is 7.40. The Hall–Kier alpha value is -3.46. The van der Waals surface area contributed by atoms with Crippen LogP contribution in [-0.4, -0.2) is 52.6 Å². The molecule has 4 aromatic rings. The van der Waals surface area contributed by atoms with Crippen LogP contribution in [0.5, 0.6) is 0 Å². The molecule has 0 radical (unpaired) electrons. The molecule has 0 amide bonds. The number of likely N-dealkylation sites (tertiary alicyclic amines) is 1. The molecule has 9 heteroatoms. The minimum absolute atomic E-state index is 0.0793. The highest BCUT2D eigenvalue weighted by molar-refractivity contribution is 5.56. The van der Waals surface area contributed by atoms with Crippen LogP contribution in [0.3, 0.4) is 0 Å². The zero-order chi connectivity index (χ0) is 19.8. The van der Waals surface area contributed by atoms with Crippen LogP contribution in [0, 0.1) is 12.8 Å². The molecular formula is C20H20N8O. The average molecular weight is 388 g/mol. The van der Waals surface area contributed by atoms with Crippen LogP contribution in [0.1, 0.15) is 11.5 Å². The molecule has 5 heterocycles. The summed E-state index contributed by atoms with van der Waals surface area (Å²) in [5.74, 6) is 1.21. The molecule has 0 aromatic carbocycles. The molecule has 1 aliphatic rings. The first-order valence-corrected chi connectivity index (χ1v) is 9.54. The highest BCUT2D eigenvalue weighted by Crippen LogP contribution is 2.20. The van der Waals surface area contributed by atoms with Gasteiger partial charge in [-0.3, -0.25) is 14.7 Å². The highest BCUT2D eigenvalue weighted by Gasteiger charge is 2.29. The van der Waals surface area contributed by atoms with Gasteiger partial charge in [0.05, 0.1) is 24.5 Å². The Kier molecular flexibility index (Phi) is 4.36. The molecule has 0 bridgehead atoms. The van der Waals surface area contributed by atoms with Gasteiger partial charge in [0.2, 0.25) is 0 Å². The summed E-state index contributed by atoms with van der Waals surface area (Å²) in [4.78, 5) is 18.5. The van der Waals surface area contributed by atoms with Gasteiger partial charge in [-0.15, -0.1) is 10.2 Å². The van der Waals surface area contributed by atoms with E-state index in [-0.39, 0.29) is 5.56 Å². The van der Waals surface area contributed by atoms with E-state index < -0.39 is 0 Å². The molecule has 4 aromatic heterocycles. The summed E-state index contributed by atoms with van der Waals surface area (Å²) >= 11 is 0. The first-order chi connectivity index (χ1) is 14.2. The van der Waals surface area contributed by atoms with Gasteiger partial charge in [-0.25, -0.2) is 4.68 Å². The van der Waals surface area contributed by atoms with Crippen molar-refractivity contribution in [3.63, 3.8) is 0 Å². The van der Waals surface area contributed by atoms with Crippen LogP contribution >= 0.6 is 0 Å². The first kappa shape index (κ1) is 17.6. The smallest absolute Gasteiger partial charge is 0.266 e. The third-order valence-electron chi connectivity index (χ3n) is 5.13. The normalized spacial score (nSPS) is 14.9. The average Bonchev–Trinajstić information content (AvgIpc) is 3.10. The largest absolute Gasteiger partial charge is 0.295 e. The number of rotatable bonds is 5. The summed E-state index contributed by atoms with van der Waals surface area (Å²) in [6, 6.07) is 11.0. The van der Waals surface area contributed by atoms with Gasteiger partial charge in [-0.2, -0.15) is 14.7 Å². The Balaban J connectivity index is 1.25. The molecule has 0 saturated carbocycles. The molecule has 0 unspecified atom stereocenters. The van der Waals surface area contributed by atoms with Crippen LogP contribution in [-0.2, 0) is 13.1 Å². The number of pyridine rings is 1. The van der Waals surface area contributed by atoms with Gasteiger partial charge in [-0.05, 0) is 37.3 Å². The maximum absolute atomic E-state index is 12.2. The van der Waals surface area contributed by atoms with Crippen molar-refractivity contribution in [3.8, 4) is 11.3 Å². The van der Waals surface area contributed by atoms with E-state index in [4.69, 9.17) is 0 Å². The Bertz CT molecular complexity index is 1210. The maximum atomic E-state index is 12.2. The monoisotopic (exact) mass is 388 g/mol. The van der Waals surface area contributed by atoms with Crippen molar-refractivity contribution in [2.45, 2.75) is 20.0 Å². The molecule has 0 N–H and O–H groups in total. The Morgan fingerprint density at radius 3 is 2.66 bits per heavy atom. The summed E-state index contributed by atoms with van der Waals surface area (Å²) in [6.07, 6.45) is 3.45. The fourth-order valence-corrected chi connectivity index (χ4v) is 3.65. The molecule has 0 atom stereocenters. The van der Waals surface area contributed by atoms with Gasteiger partial charge in [-0.1, -0.05) is 0 Å². The summed E-state index contributed by atoms with van der Waals surface area (Å²) in [5, 5.41) is 17.5. The van der Waals surface area contributed by atoms with Crippen LogP contribution in [0.4, 0.5) is 0 Å². The summed E-state index contributed by atoms with van der Waals surface area (Å²) < 4.78 is 3.36. The van der Waals surface area contributed by atoms with Crippen LogP contribution < -0.4 is 5.56 Å². The number of hydrogen-bond acceptors (Lipinski definition) is 7. The van der Waals surface area contributed by atoms with Gasteiger partial charge >= 0.3 is 0 Å². The van der Waals surface area contributed by atoms with Crippen molar-refractivity contribution in [2.24, 2.45) is 5.92 Å². The van der Waals surface area contributed by atoms with Crippen molar-refractivity contribution >= 4 is 5.65 Å². The fraction of sp³-hybridized carbons (Fsp3) is 0.300. The van der Waals surface area contributed by atoms with E-state index in [1.54, 1.807) is 33.7 Å². The van der Waals surface area contributed by atoms with E-state index in [1.165, 1.54) is 0 Å². The van der Waals surface area contributed by atoms with Crippen molar-refractivity contribution in [2.75, 3.05) is 13.1 Å². The van der Waals surface area contributed by atoms with Crippen LogP contribution in [0.25, 0.3) is 16.9 Å². The van der Waals surface area contributed by atoms with Gasteiger partial charge in [0.1, 0.15) is 0 Å². The lowest BCUT2D eigenvalue weighted by Gasteiger charge is -2.38. The van der Waals surface area contributed by atoms with E-state index in [0.717, 1.165) is 41.5 Å². The lowest BCUT2D eigenvalue weighted by molar-refractivity contribution is 0.0734. The number of aryl methyl sites for hydroxylation is 1. The summed E-state index contributed by atoms with van der Waals surface area (Å²) in [6.45, 7) is 5.01. The van der Waals surface area contributed by atoms with E-state index in [0.29, 0.717) is 19.0 Å². The molecule has 9 nitrogen and oxygen atoms in total. The summed E-state index contributed by atoms with van der Waals surface area (Å²) in [5.41, 5.74) is 3.33. The number of fused-ring (bicyclic) bond motifs is 1. The molecule has 0 spiro atoms. The van der Waals surface area contributed by atoms with Crippen molar-refractivity contribution < 1.29 is 0 Å². The standard InChI is InChI=1S/C20H20N8O/c1-14-2-4-18-22-23-19(28(18)24-14)13-26-10-15(11-26)12-27-20(29)5-3-17(25-27)16-6-8-21-9-7-16/h2-9,15H,10-13H2,1H3. The zero-order valence-electron chi connectivity index (χ0n) is 16.0. The lowest BCUT2D eigenvalue weighted by atomic mass is 10.0. The molecule has 1 aliphatic heterocycles. The van der Waals surface area contributed by atoms with E-state index in [2.05, 4.69) is 30.3 Å². The fourth-order valence-electron chi connectivity index (χ4n) is 3.65. The minimum atomic E-state index is -0.0793. The lowest BCUT2D eigenvalue weighted by Crippen LogP contribution is -2.49. The molecule has 5 rings (SSSR count). The van der Waals surface area contributed by atoms with Crippen molar-refractivity contribution in [1.29, 1.82) is 0 Å². The number of aromatic nitrogens is 7. The zero-order valence-corrected chi connectivity index (χ0v) is 16.0. The Labute approximate surface area is 166 Å². The Morgan fingerprint density at radius 2 is 1.83 bits per heavy atom. The highest BCUT2D eigenvalue weighted by atomic mass is 16.1. The molecule has 1 fully saturated rings. The van der Waals surface area contributed by atoms with E-state index in [9.17, 15) is 4.79 Å². The molecule has 0 aliphatic carbocycles. The number of nitrogens with zero attached hydrogens (tertiary/aromatic N) is 8. The van der Waals surface area contributed by atoms with Gasteiger partial charge in [0.15, 0.2) is 11.5 Å². The Morgan fingerprint density at radius 1 is 1.00 bits per heavy atom. The molecular weight excluding hydrogens is 368 g/mol. The predicted octanol–water partition coefficient (Wildman–Crippen LogP) is 1.18. The van der Waals surface area contributed by atoms with E-state index in [1.807, 2.05) is 31.2 Å². The van der Waals surface area contributed by atoms with Crippen molar-refractivity contribution in [1.82, 2.24) is 39.5 Å². The third kappa shape index (κ3) is 3.52. The van der Waals surface area contributed by atoms with Crippen LogP contribution in [0.15, 0.2) is 53.6 Å². The van der Waals surface area contributed by atoms with E-state index >= 15 is 0 Å². The van der Waals surface area contributed by atoms with Gasteiger partial charge in [0.25, 0.3) is 5.56 Å². The topological polar surface area (TPSA) is 94.1 Å². The number of hydrogen-bond donors (Lipinski definition) is 0. The first-order valence-electron chi connectivity index (χ1n) is 9.54. The SMILES string of the molecule is Cc1ccc2nnc(CN3CC(Cn4nc(-c5ccncc5)ccc4=O)C3)n2n1. The molecule has 146 valence electrons. The summed E-state index contributed by atoms with van der Waals surface area (Å²) in [7, 11) is 0. The van der Waals surface area contributed by atoms with Gasteiger partial charge in [0, 0.05) is 43.0 Å².